The van der Waals surface area contributed by atoms with E-state index in [1.54, 1.807) is 0 Å². The lowest BCUT2D eigenvalue weighted by Crippen LogP contribution is -2.50. The molecule has 0 saturated carbocycles. The van der Waals surface area contributed by atoms with E-state index in [4.69, 9.17) is 9.15 Å². The number of hydrogen-bond donors (Lipinski definition) is 0. The molecule has 0 unspecified atom stereocenters. The van der Waals surface area contributed by atoms with E-state index in [9.17, 15) is 9.59 Å². The number of carbonyl (C=O) groups is 1. The molecule has 6 nitrogen and oxygen atoms in total. The molecule has 6 heteroatoms. The van der Waals surface area contributed by atoms with E-state index >= 15 is 0 Å². The molecule has 32 heavy (non-hydrogen) atoms. The molecular formula is C26H28N2O4. The number of benzene rings is 2. The van der Waals surface area contributed by atoms with Crippen LogP contribution in [0, 0.1) is 6.92 Å². The third-order valence-corrected chi connectivity index (χ3v) is 6.53. The van der Waals surface area contributed by atoms with E-state index in [-0.39, 0.29) is 18.1 Å². The van der Waals surface area contributed by atoms with Crippen LogP contribution in [0.2, 0.25) is 0 Å². The number of hydrogen-bond acceptors (Lipinski definition) is 5. The molecule has 0 bridgehead atoms. The van der Waals surface area contributed by atoms with Gasteiger partial charge >= 0.3 is 5.63 Å². The first-order valence-corrected chi connectivity index (χ1v) is 11.4. The summed E-state index contributed by atoms with van der Waals surface area (Å²) in [7, 11) is 0. The minimum atomic E-state index is -0.240. The van der Waals surface area contributed by atoms with Crippen LogP contribution in [0.15, 0.2) is 51.7 Å². The van der Waals surface area contributed by atoms with Gasteiger partial charge in [0.25, 0.3) is 5.91 Å². The Labute approximate surface area is 187 Å². The maximum atomic E-state index is 12.9. The van der Waals surface area contributed by atoms with Gasteiger partial charge in [-0.1, -0.05) is 18.2 Å². The van der Waals surface area contributed by atoms with Crippen molar-refractivity contribution in [3.63, 3.8) is 0 Å². The lowest BCUT2D eigenvalue weighted by molar-refractivity contribution is -0.133. The number of para-hydroxylation sites is 1. The van der Waals surface area contributed by atoms with Gasteiger partial charge in [-0.15, -0.1) is 0 Å². The van der Waals surface area contributed by atoms with Crippen LogP contribution in [0.4, 0.5) is 5.69 Å². The van der Waals surface area contributed by atoms with Crippen LogP contribution < -0.4 is 15.3 Å². The SMILES string of the molecule is Cc1cc(OCC(=O)N2CCN(c3ccccc3)CC2)c2c3c(c(=O)oc2c1)CCCC3. The lowest BCUT2D eigenvalue weighted by atomic mass is 9.90. The molecule has 1 aliphatic carbocycles. The maximum absolute atomic E-state index is 12.9. The largest absolute Gasteiger partial charge is 0.483 e. The van der Waals surface area contributed by atoms with E-state index in [0.29, 0.717) is 24.4 Å². The van der Waals surface area contributed by atoms with Crippen LogP contribution in [0.3, 0.4) is 0 Å². The smallest absolute Gasteiger partial charge is 0.339 e. The van der Waals surface area contributed by atoms with Crippen molar-refractivity contribution in [1.82, 2.24) is 4.90 Å². The highest BCUT2D eigenvalue weighted by molar-refractivity contribution is 5.89. The van der Waals surface area contributed by atoms with Crippen molar-refractivity contribution < 1.29 is 13.9 Å². The molecule has 0 atom stereocenters. The highest BCUT2D eigenvalue weighted by atomic mass is 16.5. The minimum absolute atomic E-state index is 0.0152. The van der Waals surface area contributed by atoms with Gasteiger partial charge < -0.3 is 19.0 Å². The summed E-state index contributed by atoms with van der Waals surface area (Å²) in [5.74, 6) is 0.622. The molecule has 0 spiro atoms. The van der Waals surface area contributed by atoms with Crippen molar-refractivity contribution in [1.29, 1.82) is 0 Å². The summed E-state index contributed by atoms with van der Waals surface area (Å²) < 4.78 is 11.7. The van der Waals surface area contributed by atoms with Crippen LogP contribution in [-0.4, -0.2) is 43.6 Å². The first-order chi connectivity index (χ1) is 15.6. The van der Waals surface area contributed by atoms with Gasteiger partial charge in [-0.25, -0.2) is 4.79 Å². The molecule has 1 fully saturated rings. The molecule has 1 aliphatic heterocycles. The van der Waals surface area contributed by atoms with E-state index < -0.39 is 0 Å². The molecule has 3 aromatic rings. The van der Waals surface area contributed by atoms with Gasteiger partial charge in [0, 0.05) is 37.4 Å². The molecule has 1 aromatic heterocycles. The van der Waals surface area contributed by atoms with Gasteiger partial charge in [-0.05, 0) is 68.0 Å². The topological polar surface area (TPSA) is 63.0 Å². The van der Waals surface area contributed by atoms with Crippen molar-refractivity contribution in [2.45, 2.75) is 32.6 Å². The van der Waals surface area contributed by atoms with E-state index in [0.717, 1.165) is 60.8 Å². The predicted molar refractivity (Wildman–Crippen MR) is 125 cm³/mol. The molecule has 166 valence electrons. The molecular weight excluding hydrogens is 404 g/mol. The normalized spacial score (nSPS) is 16.2. The second-order valence-corrected chi connectivity index (χ2v) is 8.68. The summed E-state index contributed by atoms with van der Waals surface area (Å²) in [6.07, 6.45) is 3.63. The summed E-state index contributed by atoms with van der Waals surface area (Å²) >= 11 is 0. The van der Waals surface area contributed by atoms with Gasteiger partial charge in [0.15, 0.2) is 6.61 Å². The Morgan fingerprint density at radius 1 is 1.00 bits per heavy atom. The van der Waals surface area contributed by atoms with Gasteiger partial charge in [0.2, 0.25) is 0 Å². The molecule has 1 saturated heterocycles. The summed E-state index contributed by atoms with van der Waals surface area (Å²) in [6.45, 7) is 4.89. The standard InChI is InChI=1S/C26H28N2O4/c1-18-15-22(25-20-9-5-6-10-21(20)26(30)32-23(25)16-18)31-17-24(29)28-13-11-27(12-14-28)19-7-3-2-4-8-19/h2-4,7-8,15-16H,5-6,9-14,17H2,1H3. The fourth-order valence-electron chi connectivity index (χ4n) is 4.86. The number of aryl methyl sites for hydroxylation is 2. The molecule has 5 rings (SSSR count). The number of anilines is 1. The summed E-state index contributed by atoms with van der Waals surface area (Å²) in [5, 5.41) is 0.853. The summed E-state index contributed by atoms with van der Waals surface area (Å²) in [5.41, 5.74) is 4.23. The third-order valence-electron chi connectivity index (χ3n) is 6.53. The fourth-order valence-corrected chi connectivity index (χ4v) is 4.86. The number of piperazine rings is 1. The monoisotopic (exact) mass is 432 g/mol. The van der Waals surface area contributed by atoms with Crippen LogP contribution >= 0.6 is 0 Å². The van der Waals surface area contributed by atoms with Crippen molar-refractivity contribution >= 4 is 22.6 Å². The number of rotatable bonds is 4. The van der Waals surface area contributed by atoms with E-state index in [1.165, 1.54) is 5.69 Å². The van der Waals surface area contributed by atoms with Crippen molar-refractivity contribution in [2.24, 2.45) is 0 Å². The Bertz CT molecular complexity index is 1190. The predicted octanol–water partition coefficient (Wildman–Crippen LogP) is 3.71. The Morgan fingerprint density at radius 3 is 2.47 bits per heavy atom. The Kier molecular flexibility index (Phi) is 5.60. The third kappa shape index (κ3) is 3.97. The quantitative estimate of drug-likeness (QED) is 0.588. The summed E-state index contributed by atoms with van der Waals surface area (Å²) in [4.78, 5) is 29.5. The Balaban J connectivity index is 1.31. The number of ether oxygens (including phenoxy) is 1. The maximum Gasteiger partial charge on any atom is 0.339 e. The highest BCUT2D eigenvalue weighted by Crippen LogP contribution is 2.34. The number of nitrogens with zero attached hydrogens (tertiary/aromatic N) is 2. The molecule has 2 aliphatic rings. The minimum Gasteiger partial charge on any atom is -0.483 e. The molecule has 1 amide bonds. The average molecular weight is 433 g/mol. The van der Waals surface area contributed by atoms with Gasteiger partial charge in [0.1, 0.15) is 11.3 Å². The van der Waals surface area contributed by atoms with Crippen LogP contribution in [0.5, 0.6) is 5.75 Å². The first-order valence-electron chi connectivity index (χ1n) is 11.4. The molecule has 0 N–H and O–H groups in total. The van der Waals surface area contributed by atoms with E-state index in [1.807, 2.05) is 42.2 Å². The molecule has 2 heterocycles. The highest BCUT2D eigenvalue weighted by Gasteiger charge is 2.24. The van der Waals surface area contributed by atoms with Gasteiger partial charge in [-0.3, -0.25) is 4.79 Å². The van der Waals surface area contributed by atoms with Crippen LogP contribution in [-0.2, 0) is 17.6 Å². The number of fused-ring (bicyclic) bond motifs is 3. The Morgan fingerprint density at radius 2 is 1.72 bits per heavy atom. The number of carbonyl (C=O) groups excluding carboxylic acids is 1. The van der Waals surface area contributed by atoms with Crippen molar-refractivity contribution in [2.75, 3.05) is 37.7 Å². The van der Waals surface area contributed by atoms with Gasteiger partial charge in [0.05, 0.1) is 5.39 Å². The zero-order valence-electron chi connectivity index (χ0n) is 18.4. The van der Waals surface area contributed by atoms with Crippen molar-refractivity contribution in [3.8, 4) is 5.75 Å². The second-order valence-electron chi connectivity index (χ2n) is 8.68. The van der Waals surface area contributed by atoms with E-state index in [2.05, 4.69) is 17.0 Å². The molecule has 0 radical (unpaired) electrons. The van der Waals surface area contributed by atoms with Crippen LogP contribution in [0.1, 0.15) is 29.5 Å². The van der Waals surface area contributed by atoms with Gasteiger partial charge in [-0.2, -0.15) is 0 Å². The summed E-state index contributed by atoms with van der Waals surface area (Å²) in [6, 6.07) is 14.1. The number of amides is 1. The fraction of sp³-hybridized carbons (Fsp3) is 0.385. The van der Waals surface area contributed by atoms with Crippen LogP contribution in [0.25, 0.3) is 11.0 Å². The zero-order chi connectivity index (χ0) is 22.1. The second kappa shape index (κ2) is 8.69. The molecule has 2 aromatic carbocycles. The first kappa shape index (κ1) is 20.6. The average Bonchev–Trinajstić information content (AvgIpc) is 2.83. The van der Waals surface area contributed by atoms with Crippen molar-refractivity contribution in [3.05, 3.63) is 69.6 Å². The lowest BCUT2D eigenvalue weighted by Gasteiger charge is -2.36. The zero-order valence-corrected chi connectivity index (χ0v) is 18.4. The Hall–Kier alpha value is -3.28.